The first-order chi connectivity index (χ1) is 8.31. The maximum Gasteiger partial charge on any atom is 0.293 e. The molecule has 0 spiro atoms. The van der Waals surface area contributed by atoms with Gasteiger partial charge in [0.05, 0.1) is 0 Å². The molecule has 0 radical (unpaired) electrons. The van der Waals surface area contributed by atoms with Crippen LogP contribution >= 0.6 is 0 Å². The standard InChI is InChI=1S/C13H19N3O/c1-2-16-10-9-15-12(13(16)17)14-8-7-11-5-3-4-6-11/h5,9-10H,2-4,6-8H2,1H3,(H,14,15). The molecule has 17 heavy (non-hydrogen) atoms. The molecule has 92 valence electrons. The lowest BCUT2D eigenvalue weighted by atomic mass is 10.2. The minimum Gasteiger partial charge on any atom is -0.365 e. The van der Waals surface area contributed by atoms with Gasteiger partial charge in [-0.05, 0) is 32.6 Å². The number of anilines is 1. The van der Waals surface area contributed by atoms with E-state index in [0.717, 1.165) is 13.0 Å². The molecular formula is C13H19N3O. The zero-order chi connectivity index (χ0) is 12.1. The van der Waals surface area contributed by atoms with Crippen LogP contribution in [0.3, 0.4) is 0 Å². The lowest BCUT2D eigenvalue weighted by Crippen LogP contribution is -2.24. The normalized spacial score (nSPS) is 14.8. The quantitative estimate of drug-likeness (QED) is 0.793. The summed E-state index contributed by atoms with van der Waals surface area (Å²) in [6.07, 6.45) is 10.4. The Morgan fingerprint density at radius 3 is 3.12 bits per heavy atom. The van der Waals surface area contributed by atoms with E-state index in [1.54, 1.807) is 17.0 Å². The van der Waals surface area contributed by atoms with E-state index < -0.39 is 0 Å². The van der Waals surface area contributed by atoms with Gasteiger partial charge in [-0.2, -0.15) is 0 Å². The molecular weight excluding hydrogens is 214 g/mol. The number of hydrogen-bond donors (Lipinski definition) is 1. The van der Waals surface area contributed by atoms with Crippen LogP contribution in [0.5, 0.6) is 0 Å². The molecule has 0 atom stereocenters. The number of aromatic nitrogens is 2. The monoisotopic (exact) mass is 233 g/mol. The van der Waals surface area contributed by atoms with Crippen molar-refractivity contribution in [3.63, 3.8) is 0 Å². The Balaban J connectivity index is 1.92. The summed E-state index contributed by atoms with van der Waals surface area (Å²) >= 11 is 0. The van der Waals surface area contributed by atoms with Crippen molar-refractivity contribution in [2.24, 2.45) is 0 Å². The Hall–Kier alpha value is -1.58. The third-order valence-electron chi connectivity index (χ3n) is 3.13. The molecule has 2 rings (SSSR count). The predicted octanol–water partition coefficient (Wildman–Crippen LogP) is 2.18. The molecule has 1 heterocycles. The van der Waals surface area contributed by atoms with Crippen molar-refractivity contribution in [3.05, 3.63) is 34.4 Å². The number of rotatable bonds is 5. The summed E-state index contributed by atoms with van der Waals surface area (Å²) in [6, 6.07) is 0. The second kappa shape index (κ2) is 5.66. The van der Waals surface area contributed by atoms with Crippen LogP contribution in [0.15, 0.2) is 28.8 Å². The molecule has 1 aromatic heterocycles. The average molecular weight is 233 g/mol. The highest BCUT2D eigenvalue weighted by Crippen LogP contribution is 2.19. The van der Waals surface area contributed by atoms with Crippen molar-refractivity contribution in [1.82, 2.24) is 9.55 Å². The Bertz CT molecular complexity index is 462. The van der Waals surface area contributed by atoms with Gasteiger partial charge < -0.3 is 9.88 Å². The van der Waals surface area contributed by atoms with Gasteiger partial charge in [0.1, 0.15) is 0 Å². The van der Waals surface area contributed by atoms with Crippen LogP contribution in [0.25, 0.3) is 0 Å². The van der Waals surface area contributed by atoms with Gasteiger partial charge in [0.2, 0.25) is 0 Å². The van der Waals surface area contributed by atoms with Gasteiger partial charge in [-0.1, -0.05) is 11.6 Å². The Morgan fingerprint density at radius 1 is 1.53 bits per heavy atom. The summed E-state index contributed by atoms with van der Waals surface area (Å²) in [4.78, 5) is 15.9. The molecule has 0 bridgehead atoms. The van der Waals surface area contributed by atoms with Gasteiger partial charge in [0.25, 0.3) is 5.56 Å². The molecule has 0 unspecified atom stereocenters. The first-order valence-electron chi connectivity index (χ1n) is 6.28. The van der Waals surface area contributed by atoms with E-state index in [1.807, 2.05) is 6.92 Å². The van der Waals surface area contributed by atoms with E-state index in [9.17, 15) is 4.79 Å². The molecule has 1 N–H and O–H groups in total. The van der Waals surface area contributed by atoms with Crippen LogP contribution in [0.4, 0.5) is 5.82 Å². The number of nitrogens with zero attached hydrogens (tertiary/aromatic N) is 2. The number of hydrogen-bond acceptors (Lipinski definition) is 3. The first kappa shape index (κ1) is 11.9. The molecule has 0 aromatic carbocycles. The Kier molecular flexibility index (Phi) is 3.96. The first-order valence-corrected chi connectivity index (χ1v) is 6.28. The molecule has 0 fully saturated rings. The largest absolute Gasteiger partial charge is 0.365 e. The summed E-state index contributed by atoms with van der Waals surface area (Å²) in [5.74, 6) is 0.466. The van der Waals surface area contributed by atoms with Gasteiger partial charge in [-0.3, -0.25) is 4.79 Å². The summed E-state index contributed by atoms with van der Waals surface area (Å²) in [6.45, 7) is 3.43. The van der Waals surface area contributed by atoms with Crippen LogP contribution < -0.4 is 10.9 Å². The van der Waals surface area contributed by atoms with Crippen LogP contribution in [-0.4, -0.2) is 16.1 Å². The number of aryl methyl sites for hydroxylation is 1. The highest BCUT2D eigenvalue weighted by atomic mass is 16.1. The van der Waals surface area contributed by atoms with Gasteiger partial charge in [-0.25, -0.2) is 4.98 Å². The van der Waals surface area contributed by atoms with Crippen molar-refractivity contribution in [3.8, 4) is 0 Å². The molecule has 0 saturated heterocycles. The van der Waals surface area contributed by atoms with Crippen LogP contribution in [-0.2, 0) is 6.54 Å². The SMILES string of the molecule is CCn1ccnc(NCCC2=CCCC2)c1=O. The molecule has 0 amide bonds. The molecule has 4 nitrogen and oxygen atoms in total. The van der Waals surface area contributed by atoms with Crippen molar-refractivity contribution in [2.75, 3.05) is 11.9 Å². The third-order valence-corrected chi connectivity index (χ3v) is 3.13. The van der Waals surface area contributed by atoms with Gasteiger partial charge in [0, 0.05) is 25.5 Å². The molecule has 0 aliphatic heterocycles. The van der Waals surface area contributed by atoms with Gasteiger partial charge >= 0.3 is 0 Å². The smallest absolute Gasteiger partial charge is 0.293 e. The molecule has 1 aliphatic carbocycles. The summed E-state index contributed by atoms with van der Waals surface area (Å²) < 4.78 is 1.66. The molecule has 1 aliphatic rings. The minimum absolute atomic E-state index is 0.0320. The summed E-state index contributed by atoms with van der Waals surface area (Å²) in [5.41, 5.74) is 1.47. The molecule has 0 saturated carbocycles. The van der Waals surface area contributed by atoms with Crippen molar-refractivity contribution >= 4 is 5.82 Å². The van der Waals surface area contributed by atoms with E-state index in [0.29, 0.717) is 12.4 Å². The van der Waals surface area contributed by atoms with Crippen LogP contribution in [0.2, 0.25) is 0 Å². The summed E-state index contributed by atoms with van der Waals surface area (Å²) in [7, 11) is 0. The van der Waals surface area contributed by atoms with E-state index in [4.69, 9.17) is 0 Å². The maximum absolute atomic E-state index is 11.9. The molecule has 4 heteroatoms. The fourth-order valence-electron chi connectivity index (χ4n) is 2.12. The maximum atomic E-state index is 11.9. The average Bonchev–Trinajstić information content (AvgIpc) is 2.84. The van der Waals surface area contributed by atoms with Crippen molar-refractivity contribution in [1.29, 1.82) is 0 Å². The van der Waals surface area contributed by atoms with Crippen molar-refractivity contribution < 1.29 is 0 Å². The number of nitrogens with one attached hydrogen (secondary N) is 1. The lowest BCUT2D eigenvalue weighted by Gasteiger charge is -2.07. The van der Waals surface area contributed by atoms with Crippen molar-refractivity contribution in [2.45, 2.75) is 39.2 Å². The Morgan fingerprint density at radius 2 is 2.41 bits per heavy atom. The van der Waals surface area contributed by atoms with E-state index >= 15 is 0 Å². The molecule has 1 aromatic rings. The predicted molar refractivity (Wildman–Crippen MR) is 69.2 cm³/mol. The van der Waals surface area contributed by atoms with Gasteiger partial charge in [-0.15, -0.1) is 0 Å². The lowest BCUT2D eigenvalue weighted by molar-refractivity contribution is 0.718. The van der Waals surface area contributed by atoms with Crippen LogP contribution in [0.1, 0.15) is 32.6 Å². The van der Waals surface area contributed by atoms with E-state index in [1.165, 1.54) is 24.8 Å². The third kappa shape index (κ3) is 2.96. The topological polar surface area (TPSA) is 46.9 Å². The van der Waals surface area contributed by atoms with Crippen LogP contribution in [0, 0.1) is 0 Å². The fraction of sp³-hybridized carbons (Fsp3) is 0.538. The zero-order valence-electron chi connectivity index (χ0n) is 10.3. The highest BCUT2D eigenvalue weighted by molar-refractivity contribution is 5.31. The number of allylic oxidation sites excluding steroid dienone is 1. The van der Waals surface area contributed by atoms with E-state index in [2.05, 4.69) is 16.4 Å². The zero-order valence-corrected chi connectivity index (χ0v) is 10.3. The second-order valence-corrected chi connectivity index (χ2v) is 4.30. The second-order valence-electron chi connectivity index (χ2n) is 4.30. The fourth-order valence-corrected chi connectivity index (χ4v) is 2.12. The Labute approximate surface area is 101 Å². The van der Waals surface area contributed by atoms with Gasteiger partial charge in [0.15, 0.2) is 5.82 Å². The summed E-state index contributed by atoms with van der Waals surface area (Å²) in [5, 5.41) is 3.13. The van der Waals surface area contributed by atoms with E-state index in [-0.39, 0.29) is 5.56 Å². The highest BCUT2D eigenvalue weighted by Gasteiger charge is 2.06. The minimum atomic E-state index is -0.0320.